The standard InChI is InChI=1S/C16H14Cl2N2O2/c17-12-6-7-14(13(18)9-12)20-16(22)10-19-15(21)8-11-4-2-1-3-5-11/h1-7,9H,8,10H2,(H,19,21)(H,20,22). The van der Waals surface area contributed by atoms with Crippen molar-refractivity contribution in [1.29, 1.82) is 0 Å². The van der Waals surface area contributed by atoms with E-state index in [0.717, 1.165) is 5.56 Å². The first-order chi connectivity index (χ1) is 10.5. The topological polar surface area (TPSA) is 58.2 Å². The summed E-state index contributed by atoms with van der Waals surface area (Å²) in [6.45, 7) is -0.120. The first-order valence-electron chi connectivity index (χ1n) is 6.60. The lowest BCUT2D eigenvalue weighted by Crippen LogP contribution is -2.33. The normalized spacial score (nSPS) is 10.1. The summed E-state index contributed by atoms with van der Waals surface area (Å²) in [5.74, 6) is -0.575. The minimum Gasteiger partial charge on any atom is -0.347 e. The summed E-state index contributed by atoms with van der Waals surface area (Å²) in [4.78, 5) is 23.5. The minimum atomic E-state index is -0.356. The van der Waals surface area contributed by atoms with Gasteiger partial charge in [-0.2, -0.15) is 0 Å². The molecule has 6 heteroatoms. The summed E-state index contributed by atoms with van der Waals surface area (Å²) < 4.78 is 0. The van der Waals surface area contributed by atoms with Crippen LogP contribution in [-0.2, 0) is 16.0 Å². The van der Waals surface area contributed by atoms with E-state index in [1.54, 1.807) is 12.1 Å². The molecule has 0 aromatic heterocycles. The average molecular weight is 337 g/mol. The van der Waals surface area contributed by atoms with E-state index in [9.17, 15) is 9.59 Å². The lowest BCUT2D eigenvalue weighted by Gasteiger charge is -2.08. The fourth-order valence-corrected chi connectivity index (χ4v) is 2.26. The molecule has 0 unspecified atom stereocenters. The van der Waals surface area contributed by atoms with Crippen molar-refractivity contribution in [2.24, 2.45) is 0 Å². The summed E-state index contributed by atoms with van der Waals surface area (Å²) in [6.07, 6.45) is 0.232. The van der Waals surface area contributed by atoms with E-state index < -0.39 is 0 Å². The molecule has 0 aliphatic heterocycles. The van der Waals surface area contributed by atoms with Gasteiger partial charge in [0.1, 0.15) is 0 Å². The van der Waals surface area contributed by atoms with Crippen LogP contribution >= 0.6 is 23.2 Å². The van der Waals surface area contributed by atoms with E-state index in [4.69, 9.17) is 23.2 Å². The number of anilines is 1. The highest BCUT2D eigenvalue weighted by molar-refractivity contribution is 6.36. The Kier molecular flexibility index (Phi) is 5.81. The van der Waals surface area contributed by atoms with Gasteiger partial charge in [-0.25, -0.2) is 0 Å². The molecule has 0 saturated heterocycles. The third kappa shape index (κ3) is 5.06. The van der Waals surface area contributed by atoms with Crippen molar-refractivity contribution in [3.8, 4) is 0 Å². The molecule has 2 aromatic carbocycles. The van der Waals surface area contributed by atoms with Crippen LogP contribution in [0.1, 0.15) is 5.56 Å². The molecule has 0 saturated carbocycles. The molecule has 114 valence electrons. The number of carbonyl (C=O) groups excluding carboxylic acids is 2. The van der Waals surface area contributed by atoms with Crippen LogP contribution < -0.4 is 10.6 Å². The summed E-state index contributed by atoms with van der Waals surface area (Å²) in [5, 5.41) is 6.00. The van der Waals surface area contributed by atoms with Gasteiger partial charge in [0.2, 0.25) is 11.8 Å². The molecule has 2 amide bonds. The van der Waals surface area contributed by atoms with Gasteiger partial charge >= 0.3 is 0 Å². The highest BCUT2D eigenvalue weighted by Gasteiger charge is 2.08. The molecule has 0 radical (unpaired) electrons. The molecule has 2 rings (SSSR count). The van der Waals surface area contributed by atoms with E-state index in [0.29, 0.717) is 15.7 Å². The monoisotopic (exact) mass is 336 g/mol. The second-order valence-electron chi connectivity index (χ2n) is 4.61. The Morgan fingerprint density at radius 3 is 2.36 bits per heavy atom. The number of hydrogen-bond acceptors (Lipinski definition) is 2. The largest absolute Gasteiger partial charge is 0.347 e. The zero-order valence-electron chi connectivity index (χ0n) is 11.6. The van der Waals surface area contributed by atoms with Gasteiger partial charge in [0.25, 0.3) is 0 Å². The van der Waals surface area contributed by atoms with Crippen LogP contribution in [0, 0.1) is 0 Å². The number of nitrogens with one attached hydrogen (secondary N) is 2. The Balaban J connectivity index is 1.81. The smallest absolute Gasteiger partial charge is 0.243 e. The van der Waals surface area contributed by atoms with Gasteiger partial charge in [-0.1, -0.05) is 53.5 Å². The van der Waals surface area contributed by atoms with Crippen molar-refractivity contribution in [3.05, 3.63) is 64.1 Å². The maximum Gasteiger partial charge on any atom is 0.243 e. The van der Waals surface area contributed by atoms with E-state index in [1.165, 1.54) is 6.07 Å². The highest BCUT2D eigenvalue weighted by atomic mass is 35.5. The lowest BCUT2D eigenvalue weighted by molar-refractivity contribution is -0.123. The number of rotatable bonds is 5. The minimum absolute atomic E-state index is 0.120. The number of hydrogen-bond donors (Lipinski definition) is 2. The fourth-order valence-electron chi connectivity index (χ4n) is 1.81. The zero-order valence-corrected chi connectivity index (χ0v) is 13.1. The van der Waals surface area contributed by atoms with Gasteiger partial charge in [-0.05, 0) is 23.8 Å². The van der Waals surface area contributed by atoms with Crippen LogP contribution in [0.25, 0.3) is 0 Å². The second kappa shape index (κ2) is 7.82. The first-order valence-corrected chi connectivity index (χ1v) is 7.36. The third-order valence-electron chi connectivity index (χ3n) is 2.86. The Morgan fingerprint density at radius 1 is 0.955 bits per heavy atom. The molecule has 0 aliphatic rings. The summed E-state index contributed by atoms with van der Waals surface area (Å²) in [5.41, 5.74) is 1.34. The van der Waals surface area contributed by atoms with Crippen LogP contribution in [0.15, 0.2) is 48.5 Å². The van der Waals surface area contributed by atoms with Gasteiger partial charge < -0.3 is 10.6 Å². The van der Waals surface area contributed by atoms with E-state index >= 15 is 0 Å². The van der Waals surface area contributed by atoms with Crippen molar-refractivity contribution >= 4 is 40.7 Å². The van der Waals surface area contributed by atoms with Crippen molar-refractivity contribution in [2.75, 3.05) is 11.9 Å². The molecule has 22 heavy (non-hydrogen) atoms. The molecule has 0 bridgehead atoms. The van der Waals surface area contributed by atoms with Crippen molar-refractivity contribution in [3.63, 3.8) is 0 Å². The van der Waals surface area contributed by atoms with Crippen molar-refractivity contribution in [2.45, 2.75) is 6.42 Å². The molecule has 0 spiro atoms. The quantitative estimate of drug-likeness (QED) is 0.880. The number of benzene rings is 2. The molecular formula is C16H14Cl2N2O2. The molecule has 2 N–H and O–H groups in total. The molecule has 2 aromatic rings. The number of amides is 2. The Morgan fingerprint density at radius 2 is 1.68 bits per heavy atom. The highest BCUT2D eigenvalue weighted by Crippen LogP contribution is 2.25. The average Bonchev–Trinajstić information content (AvgIpc) is 2.49. The Labute approximate surface area is 138 Å². The van der Waals surface area contributed by atoms with E-state index in [2.05, 4.69) is 10.6 Å². The molecular weight excluding hydrogens is 323 g/mol. The predicted molar refractivity (Wildman–Crippen MR) is 88.2 cm³/mol. The Hall–Kier alpha value is -2.04. The fraction of sp³-hybridized carbons (Fsp3) is 0.125. The zero-order chi connectivity index (χ0) is 15.9. The SMILES string of the molecule is O=C(Cc1ccccc1)NCC(=O)Nc1ccc(Cl)cc1Cl. The Bertz CT molecular complexity index is 675. The third-order valence-corrected chi connectivity index (χ3v) is 3.41. The summed E-state index contributed by atoms with van der Waals surface area (Å²) >= 11 is 11.7. The molecule has 0 fully saturated rings. The maximum absolute atomic E-state index is 11.8. The molecule has 0 atom stereocenters. The van der Waals surface area contributed by atoms with Gasteiger partial charge in [0.15, 0.2) is 0 Å². The van der Waals surface area contributed by atoms with Crippen molar-refractivity contribution in [1.82, 2.24) is 5.32 Å². The second-order valence-corrected chi connectivity index (χ2v) is 5.46. The van der Waals surface area contributed by atoms with E-state index in [1.807, 2.05) is 30.3 Å². The summed E-state index contributed by atoms with van der Waals surface area (Å²) in [7, 11) is 0. The lowest BCUT2D eigenvalue weighted by atomic mass is 10.1. The van der Waals surface area contributed by atoms with Crippen LogP contribution in [0.2, 0.25) is 10.0 Å². The molecule has 0 aliphatic carbocycles. The first kappa shape index (κ1) is 16.3. The number of halogens is 2. The van der Waals surface area contributed by atoms with E-state index in [-0.39, 0.29) is 24.8 Å². The van der Waals surface area contributed by atoms with Crippen LogP contribution in [0.3, 0.4) is 0 Å². The van der Waals surface area contributed by atoms with Crippen LogP contribution in [-0.4, -0.2) is 18.4 Å². The van der Waals surface area contributed by atoms with Crippen molar-refractivity contribution < 1.29 is 9.59 Å². The molecule has 0 heterocycles. The van der Waals surface area contributed by atoms with Gasteiger partial charge in [-0.15, -0.1) is 0 Å². The predicted octanol–water partition coefficient (Wildman–Crippen LogP) is 3.29. The summed E-state index contributed by atoms with van der Waals surface area (Å²) in [6, 6.07) is 14.1. The maximum atomic E-state index is 11.8. The van der Waals surface area contributed by atoms with Gasteiger partial charge in [0, 0.05) is 5.02 Å². The van der Waals surface area contributed by atoms with Crippen LogP contribution in [0.4, 0.5) is 5.69 Å². The number of carbonyl (C=O) groups is 2. The van der Waals surface area contributed by atoms with Gasteiger partial charge in [-0.3, -0.25) is 9.59 Å². The van der Waals surface area contributed by atoms with Crippen LogP contribution in [0.5, 0.6) is 0 Å². The van der Waals surface area contributed by atoms with Gasteiger partial charge in [0.05, 0.1) is 23.7 Å². The molecule has 4 nitrogen and oxygen atoms in total.